The summed E-state index contributed by atoms with van der Waals surface area (Å²) in [4.78, 5) is 24.6. The molecule has 0 saturated heterocycles. The molecule has 2 aliphatic heterocycles. The normalized spacial score (nSPS) is 12.2. The highest BCUT2D eigenvalue weighted by Crippen LogP contribution is 2.43. The van der Waals surface area contributed by atoms with Crippen molar-refractivity contribution >= 4 is 52.1 Å². The Hall–Kier alpha value is -8.17. The smallest absolute Gasteiger partial charge is 0.270 e. The lowest BCUT2D eigenvalue weighted by Crippen LogP contribution is -2.06. The van der Waals surface area contributed by atoms with Gasteiger partial charge in [-0.3, -0.25) is 10.1 Å². The van der Waals surface area contributed by atoms with E-state index in [-0.39, 0.29) is 22.3 Å². The van der Waals surface area contributed by atoms with Crippen LogP contribution in [-0.2, 0) is 0 Å². The van der Waals surface area contributed by atoms with Crippen LogP contribution in [0.4, 0.5) is 71.5 Å². The van der Waals surface area contributed by atoms with Crippen molar-refractivity contribution in [1.82, 2.24) is 19.9 Å². The lowest BCUT2D eigenvalue weighted by molar-refractivity contribution is -0.384. The quantitative estimate of drug-likeness (QED) is 0.0590. The first kappa shape index (κ1) is 43.1. The van der Waals surface area contributed by atoms with Gasteiger partial charge in [-0.1, -0.05) is 12.1 Å². The van der Waals surface area contributed by atoms with Crippen LogP contribution >= 0.6 is 0 Å². The molecule has 0 saturated carbocycles. The maximum Gasteiger partial charge on any atom is 0.270 e. The first-order valence-corrected chi connectivity index (χ1v) is 18.3. The van der Waals surface area contributed by atoms with Crippen LogP contribution in [0.2, 0.25) is 0 Å². The molecule has 0 spiro atoms. The zero-order valence-corrected chi connectivity index (χ0v) is 31.8. The van der Waals surface area contributed by atoms with E-state index in [0.717, 1.165) is 60.7 Å². The summed E-state index contributed by atoms with van der Waals surface area (Å²) in [6.07, 6.45) is 3.55. The van der Waals surface area contributed by atoms with Crippen molar-refractivity contribution in [2.24, 2.45) is 0 Å². The number of rotatable bonds is 5. The average Bonchev–Trinajstić information content (AvgIpc) is 4.16. The molecule has 3 aromatic heterocycles. The van der Waals surface area contributed by atoms with Crippen LogP contribution in [0.1, 0.15) is 22.8 Å². The first-order valence-electron chi connectivity index (χ1n) is 18.3. The predicted octanol–water partition coefficient (Wildman–Crippen LogP) is 13.3. The van der Waals surface area contributed by atoms with Crippen LogP contribution in [-0.4, -0.2) is 24.9 Å². The van der Waals surface area contributed by atoms with Crippen molar-refractivity contribution in [2.75, 3.05) is 0 Å². The molecule has 7 nitrogen and oxygen atoms in total. The number of hydrogen-bond acceptors (Lipinski definition) is 4. The van der Waals surface area contributed by atoms with Crippen molar-refractivity contribution in [3.8, 4) is 44.5 Å². The molecule has 0 fully saturated rings. The monoisotopic (exact) mass is 929 g/mol. The molecule has 9 rings (SSSR count). The van der Waals surface area contributed by atoms with E-state index in [9.17, 15) is 49.6 Å². The third-order valence-corrected chi connectivity index (χ3v) is 10.5. The van der Waals surface area contributed by atoms with E-state index < -0.39 is 165 Å². The van der Waals surface area contributed by atoms with E-state index in [0.29, 0.717) is 0 Å². The zero-order chi connectivity index (χ0) is 47.4. The molecular weight excluding hydrogens is 915 g/mol. The van der Waals surface area contributed by atoms with E-state index in [1.54, 1.807) is 0 Å². The Morgan fingerprint density at radius 1 is 0.364 bits per heavy atom. The molecule has 2 N–H and O–H groups in total. The van der Waals surface area contributed by atoms with E-state index >= 15 is 26.3 Å². The third-order valence-electron chi connectivity index (χ3n) is 10.5. The second-order valence-corrected chi connectivity index (χ2v) is 14.1. The van der Waals surface area contributed by atoms with Gasteiger partial charge >= 0.3 is 0 Å². The Morgan fingerprint density at radius 3 is 0.939 bits per heavy atom. The topological polar surface area (TPSA) is 100 Å². The molecule has 0 unspecified atom stereocenters. The van der Waals surface area contributed by atoms with Crippen molar-refractivity contribution in [3.63, 3.8) is 0 Å². The van der Waals surface area contributed by atoms with Gasteiger partial charge in [0, 0.05) is 56.5 Å². The Morgan fingerprint density at radius 2 is 0.636 bits per heavy atom. The van der Waals surface area contributed by atoms with Crippen LogP contribution in [0.3, 0.4) is 0 Å². The summed E-state index contributed by atoms with van der Waals surface area (Å²) in [7, 11) is 0. The van der Waals surface area contributed by atoms with Crippen molar-refractivity contribution < 1.29 is 70.8 Å². The number of aromatic nitrogens is 4. The lowest BCUT2D eigenvalue weighted by Gasteiger charge is -2.11. The molecule has 4 aromatic carbocycles. The summed E-state index contributed by atoms with van der Waals surface area (Å²) in [6, 6.07) is 8.19. The van der Waals surface area contributed by atoms with Gasteiger partial charge in [-0.05, 0) is 54.1 Å². The number of nitro benzene ring substituents is 1. The molecule has 66 heavy (non-hydrogen) atoms. The number of H-pyrrole nitrogens is 2. The molecule has 0 amide bonds. The van der Waals surface area contributed by atoms with E-state index in [1.807, 2.05) is 0 Å². The van der Waals surface area contributed by atoms with Gasteiger partial charge in [-0.2, -0.15) is 0 Å². The van der Waals surface area contributed by atoms with Crippen molar-refractivity contribution in [3.05, 3.63) is 169 Å². The molecule has 8 bridgehead atoms. The molecule has 22 heteroatoms. The van der Waals surface area contributed by atoms with Gasteiger partial charge < -0.3 is 9.97 Å². The summed E-state index contributed by atoms with van der Waals surface area (Å²) in [5, 5.41) is 11.9. The minimum Gasteiger partial charge on any atom is -0.354 e. The Kier molecular flexibility index (Phi) is 10.1. The molecule has 0 atom stereocenters. The number of fused-ring (bicyclic) bond motifs is 8. The number of hydrogen-bond donors (Lipinski definition) is 2. The predicted molar refractivity (Wildman–Crippen MR) is 207 cm³/mol. The average molecular weight is 930 g/mol. The summed E-state index contributed by atoms with van der Waals surface area (Å²) < 4.78 is 228. The summed E-state index contributed by atoms with van der Waals surface area (Å²) in [5.41, 5.74) is -14.0. The second kappa shape index (κ2) is 15.5. The summed E-state index contributed by atoms with van der Waals surface area (Å²) in [5.74, 6) is -37.4. The van der Waals surface area contributed by atoms with Crippen molar-refractivity contribution in [2.45, 2.75) is 0 Å². The van der Waals surface area contributed by atoms with Gasteiger partial charge in [-0.25, -0.2) is 75.8 Å². The molecule has 0 aliphatic carbocycles. The van der Waals surface area contributed by atoms with E-state index in [4.69, 9.17) is 0 Å². The fraction of sp³-hybridized carbons (Fsp3) is 0. The number of non-ortho nitro benzene ring substituents is 1. The van der Waals surface area contributed by atoms with Crippen LogP contribution in [0, 0.1) is 97.4 Å². The van der Waals surface area contributed by atoms with Crippen LogP contribution in [0.5, 0.6) is 0 Å². The standard InChI is InChI=1S/C44H14F15N5O2/c45-30-27(31(46)37(52)42(57)36(30)51)24-17-6-4-15(60-17)23(13-2-1-3-14(12-13)64(65)66)16-5-7-18(61-16)25(28-32(47)38(53)43(58)39(54)33(28)48)20-9-11-22(63-20)26(21-10-8-19(24)62-21)29-34(49)40(55)44(59)41(56)35(29)50/h1-12,60,63H. The largest absolute Gasteiger partial charge is 0.354 e. The number of halogens is 15. The highest BCUT2D eigenvalue weighted by Gasteiger charge is 2.34. The van der Waals surface area contributed by atoms with Crippen LogP contribution in [0.15, 0.2) is 48.5 Å². The van der Waals surface area contributed by atoms with Gasteiger partial charge in [0.15, 0.2) is 69.8 Å². The second-order valence-electron chi connectivity index (χ2n) is 14.1. The molecule has 5 heterocycles. The summed E-state index contributed by atoms with van der Waals surface area (Å²) >= 11 is 0. The fourth-order valence-electron chi connectivity index (χ4n) is 7.55. The van der Waals surface area contributed by atoms with E-state index in [2.05, 4.69) is 19.9 Å². The fourth-order valence-corrected chi connectivity index (χ4v) is 7.55. The minimum atomic E-state index is -2.64. The molecular formula is C44H14F15N5O2. The van der Waals surface area contributed by atoms with Crippen molar-refractivity contribution in [1.29, 1.82) is 0 Å². The van der Waals surface area contributed by atoms with E-state index in [1.165, 1.54) is 12.1 Å². The Bertz CT molecular complexity index is 3450. The summed E-state index contributed by atoms with van der Waals surface area (Å²) in [6.45, 7) is 0. The highest BCUT2D eigenvalue weighted by atomic mass is 19.2. The molecule has 332 valence electrons. The van der Waals surface area contributed by atoms with Gasteiger partial charge in [-0.15, -0.1) is 0 Å². The van der Waals surface area contributed by atoms with Gasteiger partial charge in [0.2, 0.25) is 17.5 Å². The Balaban J connectivity index is 1.57. The number of aromatic amines is 2. The number of nitro groups is 1. The lowest BCUT2D eigenvalue weighted by atomic mass is 10.0. The van der Waals surface area contributed by atoms with Gasteiger partial charge in [0.1, 0.15) is 0 Å². The third kappa shape index (κ3) is 6.41. The molecule has 0 radical (unpaired) electrons. The highest BCUT2D eigenvalue weighted by molar-refractivity contribution is 6.00. The maximum atomic E-state index is 15.8. The Labute approximate surface area is 355 Å². The number of benzene rings is 4. The van der Waals surface area contributed by atoms with Gasteiger partial charge in [0.25, 0.3) is 5.69 Å². The van der Waals surface area contributed by atoms with Gasteiger partial charge in [0.05, 0.1) is 44.4 Å². The first-order chi connectivity index (χ1) is 31.3. The number of nitrogens with zero attached hydrogens (tertiary/aromatic N) is 3. The van der Waals surface area contributed by atoms with Crippen LogP contribution < -0.4 is 0 Å². The minimum absolute atomic E-state index is 0.100. The molecule has 2 aliphatic rings. The maximum absolute atomic E-state index is 15.8. The van der Waals surface area contributed by atoms with Crippen LogP contribution in [0.25, 0.3) is 90.9 Å². The zero-order valence-electron chi connectivity index (χ0n) is 31.8. The SMILES string of the molecule is O=[N+]([O-])c1cccc(-c2c3nc(c(-c4c(F)c(F)c(F)c(F)c4F)c4ccc([nH]4)c(-c4c(F)c(F)c(F)c(F)c4F)c4nc(c(-c5c(F)c(F)c(F)c(F)c5F)c5ccc2[nH]5)C=C4)C=C3)c1. The number of nitrogens with one attached hydrogen (secondary N) is 2. The molecule has 7 aromatic rings.